The topological polar surface area (TPSA) is 46.6 Å². The van der Waals surface area contributed by atoms with E-state index >= 15 is 0 Å². The van der Waals surface area contributed by atoms with Crippen LogP contribution in [0.1, 0.15) is 12.5 Å². The fourth-order valence-electron chi connectivity index (χ4n) is 2.09. The zero-order valence-electron chi connectivity index (χ0n) is 13.3. The molecule has 0 amide bonds. The smallest absolute Gasteiger partial charge is 0.416 e. The minimum atomic E-state index is -4.61. The number of hydrogen-bond acceptors (Lipinski definition) is 3. The molecule has 0 heterocycles. The van der Waals surface area contributed by atoms with Crippen molar-refractivity contribution < 1.29 is 26.3 Å². The van der Waals surface area contributed by atoms with Crippen LogP contribution in [0.15, 0.2) is 47.4 Å². The van der Waals surface area contributed by atoms with Gasteiger partial charge in [0.2, 0.25) is 0 Å². The molecule has 2 aromatic rings. The second-order valence-electron chi connectivity index (χ2n) is 5.04. The summed E-state index contributed by atoms with van der Waals surface area (Å²) in [7, 11) is -2.94. The first kappa shape index (κ1) is 19.4. The summed E-state index contributed by atoms with van der Waals surface area (Å²) in [4.78, 5) is -0.0908. The lowest BCUT2D eigenvalue weighted by Crippen LogP contribution is -2.27. The molecule has 0 N–H and O–H groups in total. The molecule has 0 bridgehead atoms. The molecule has 0 fully saturated rings. The van der Waals surface area contributed by atoms with Gasteiger partial charge in [-0.1, -0.05) is 11.6 Å². The highest BCUT2D eigenvalue weighted by molar-refractivity contribution is 7.92. The normalized spacial score (nSPS) is 12.1. The predicted molar refractivity (Wildman–Crippen MR) is 89.7 cm³/mol. The maximum atomic E-state index is 12.9. The quantitative estimate of drug-likeness (QED) is 0.746. The number of benzene rings is 2. The zero-order valence-corrected chi connectivity index (χ0v) is 14.9. The fourth-order valence-corrected chi connectivity index (χ4v) is 3.59. The second kappa shape index (κ2) is 7.13. The molecule has 2 rings (SSSR count). The van der Waals surface area contributed by atoms with Crippen molar-refractivity contribution in [3.63, 3.8) is 0 Å². The van der Waals surface area contributed by atoms with Crippen LogP contribution in [0.2, 0.25) is 5.02 Å². The van der Waals surface area contributed by atoms with Gasteiger partial charge in [-0.2, -0.15) is 13.2 Å². The number of hydrogen-bond donors (Lipinski definition) is 0. The van der Waals surface area contributed by atoms with Gasteiger partial charge in [-0.3, -0.25) is 4.31 Å². The van der Waals surface area contributed by atoms with Gasteiger partial charge < -0.3 is 4.74 Å². The summed E-state index contributed by atoms with van der Waals surface area (Å²) in [6, 6.07) is 8.09. The molecule has 0 saturated carbocycles. The van der Waals surface area contributed by atoms with Crippen LogP contribution in [0.5, 0.6) is 5.75 Å². The predicted octanol–water partition coefficient (Wildman–Crippen LogP) is 4.58. The standard InChI is InChI=1S/C16H15ClF3NO3S/c1-3-24-12-5-7-13(8-6-12)25(22,23)21(2)15-10-11(16(18,19)20)4-9-14(15)17/h4-10H,3H2,1-2H3. The molecule has 0 saturated heterocycles. The molecule has 136 valence electrons. The van der Waals surface area contributed by atoms with Crippen LogP contribution in [0.25, 0.3) is 0 Å². The van der Waals surface area contributed by atoms with Crippen molar-refractivity contribution in [2.24, 2.45) is 0 Å². The average Bonchev–Trinajstić information content (AvgIpc) is 2.54. The highest BCUT2D eigenvalue weighted by atomic mass is 35.5. The van der Waals surface area contributed by atoms with Crippen LogP contribution in [-0.2, 0) is 16.2 Å². The van der Waals surface area contributed by atoms with Crippen molar-refractivity contribution >= 4 is 27.3 Å². The van der Waals surface area contributed by atoms with Crippen molar-refractivity contribution in [2.75, 3.05) is 18.0 Å². The van der Waals surface area contributed by atoms with E-state index in [-0.39, 0.29) is 15.6 Å². The minimum Gasteiger partial charge on any atom is -0.494 e. The van der Waals surface area contributed by atoms with Crippen LogP contribution in [0.3, 0.4) is 0 Å². The Hall–Kier alpha value is -1.93. The van der Waals surface area contributed by atoms with Crippen LogP contribution in [0, 0.1) is 0 Å². The van der Waals surface area contributed by atoms with Crippen molar-refractivity contribution in [3.8, 4) is 5.75 Å². The summed E-state index contributed by atoms with van der Waals surface area (Å²) in [5.74, 6) is 0.487. The van der Waals surface area contributed by atoms with E-state index < -0.39 is 21.8 Å². The molecule has 25 heavy (non-hydrogen) atoms. The average molecular weight is 394 g/mol. The molecule has 0 atom stereocenters. The van der Waals surface area contributed by atoms with Gasteiger partial charge in [0.15, 0.2) is 0 Å². The van der Waals surface area contributed by atoms with E-state index in [1.165, 1.54) is 24.3 Å². The Labute approximate surface area is 148 Å². The summed E-state index contributed by atoms with van der Waals surface area (Å²) in [6.07, 6.45) is -4.61. The third-order valence-electron chi connectivity index (χ3n) is 3.41. The van der Waals surface area contributed by atoms with Crippen LogP contribution < -0.4 is 9.04 Å². The molecule has 0 radical (unpaired) electrons. The van der Waals surface area contributed by atoms with E-state index in [0.717, 1.165) is 23.5 Å². The molecule has 0 aliphatic heterocycles. The third kappa shape index (κ3) is 4.19. The van der Waals surface area contributed by atoms with Gasteiger partial charge in [0.25, 0.3) is 10.0 Å². The molecule has 0 aliphatic carbocycles. The molecule has 2 aromatic carbocycles. The first-order valence-corrected chi connectivity index (χ1v) is 8.97. The number of anilines is 1. The van der Waals surface area contributed by atoms with Crippen molar-refractivity contribution in [3.05, 3.63) is 53.1 Å². The van der Waals surface area contributed by atoms with Crippen molar-refractivity contribution in [2.45, 2.75) is 18.0 Å². The second-order valence-corrected chi connectivity index (χ2v) is 7.42. The minimum absolute atomic E-state index is 0.0908. The first-order chi connectivity index (χ1) is 11.6. The van der Waals surface area contributed by atoms with E-state index in [2.05, 4.69) is 0 Å². The van der Waals surface area contributed by atoms with Gasteiger partial charge >= 0.3 is 6.18 Å². The molecule has 0 aliphatic rings. The van der Waals surface area contributed by atoms with E-state index in [0.29, 0.717) is 18.4 Å². The highest BCUT2D eigenvalue weighted by Crippen LogP contribution is 2.36. The summed E-state index contributed by atoms with van der Waals surface area (Å²) in [6.45, 7) is 2.21. The Morgan fingerprint density at radius 2 is 1.72 bits per heavy atom. The lowest BCUT2D eigenvalue weighted by molar-refractivity contribution is -0.137. The largest absolute Gasteiger partial charge is 0.494 e. The van der Waals surface area contributed by atoms with Crippen LogP contribution in [0.4, 0.5) is 18.9 Å². The molecule has 0 spiro atoms. The number of sulfonamides is 1. The molecule has 0 aromatic heterocycles. The number of ether oxygens (including phenoxy) is 1. The van der Waals surface area contributed by atoms with Crippen LogP contribution in [-0.4, -0.2) is 22.1 Å². The van der Waals surface area contributed by atoms with E-state index in [9.17, 15) is 21.6 Å². The number of rotatable bonds is 5. The summed E-state index contributed by atoms with van der Waals surface area (Å²) in [5.41, 5.74) is -1.24. The maximum Gasteiger partial charge on any atom is 0.416 e. The summed E-state index contributed by atoms with van der Waals surface area (Å²) >= 11 is 5.91. The zero-order chi connectivity index (χ0) is 18.8. The van der Waals surface area contributed by atoms with Gasteiger partial charge in [0, 0.05) is 7.05 Å². The summed E-state index contributed by atoms with van der Waals surface area (Å²) < 4.78 is 69.9. The molecule has 0 unspecified atom stereocenters. The van der Waals surface area contributed by atoms with Gasteiger partial charge in [-0.15, -0.1) is 0 Å². The van der Waals surface area contributed by atoms with Crippen molar-refractivity contribution in [1.29, 1.82) is 0 Å². The number of halogens is 4. The Bertz CT molecular complexity index is 852. The molecule has 9 heteroatoms. The van der Waals surface area contributed by atoms with Crippen LogP contribution >= 0.6 is 11.6 Å². The maximum absolute atomic E-state index is 12.9. The molecular weight excluding hydrogens is 379 g/mol. The van der Waals surface area contributed by atoms with E-state index in [4.69, 9.17) is 16.3 Å². The Kier molecular flexibility index (Phi) is 5.53. The Morgan fingerprint density at radius 3 is 2.24 bits per heavy atom. The lowest BCUT2D eigenvalue weighted by atomic mass is 10.2. The van der Waals surface area contributed by atoms with E-state index in [1.54, 1.807) is 6.92 Å². The van der Waals surface area contributed by atoms with Gasteiger partial charge in [-0.05, 0) is 49.4 Å². The first-order valence-electron chi connectivity index (χ1n) is 7.16. The molecular formula is C16H15ClF3NO3S. The Balaban J connectivity index is 2.43. The monoisotopic (exact) mass is 393 g/mol. The van der Waals surface area contributed by atoms with Crippen molar-refractivity contribution in [1.82, 2.24) is 0 Å². The third-order valence-corrected chi connectivity index (χ3v) is 5.51. The molecule has 4 nitrogen and oxygen atoms in total. The number of alkyl halides is 3. The fraction of sp³-hybridized carbons (Fsp3) is 0.250. The lowest BCUT2D eigenvalue weighted by Gasteiger charge is -2.22. The van der Waals surface area contributed by atoms with E-state index in [1.807, 2.05) is 0 Å². The SMILES string of the molecule is CCOc1ccc(S(=O)(=O)N(C)c2cc(C(F)(F)F)ccc2Cl)cc1. The number of nitrogens with zero attached hydrogens (tertiary/aromatic N) is 1. The highest BCUT2D eigenvalue weighted by Gasteiger charge is 2.32. The Morgan fingerprint density at radius 1 is 1.12 bits per heavy atom. The van der Waals surface area contributed by atoms with Gasteiger partial charge in [0.05, 0.1) is 27.8 Å². The van der Waals surface area contributed by atoms with Gasteiger partial charge in [0.1, 0.15) is 5.75 Å². The summed E-state index contributed by atoms with van der Waals surface area (Å²) in [5, 5.41) is -0.106. The van der Waals surface area contributed by atoms with Gasteiger partial charge in [-0.25, -0.2) is 8.42 Å².